The van der Waals surface area contributed by atoms with Crippen molar-refractivity contribution < 1.29 is 9.53 Å². The number of amides is 1. The summed E-state index contributed by atoms with van der Waals surface area (Å²) in [4.78, 5) is 14.4. The van der Waals surface area contributed by atoms with Gasteiger partial charge < -0.3 is 9.64 Å². The Morgan fingerprint density at radius 2 is 2.10 bits per heavy atom. The van der Waals surface area contributed by atoms with E-state index < -0.39 is 5.92 Å². The van der Waals surface area contributed by atoms with Gasteiger partial charge in [0.25, 0.3) is 0 Å². The Hall–Kier alpha value is -1.86. The Kier molecular flexibility index (Phi) is 4.10. The van der Waals surface area contributed by atoms with Gasteiger partial charge in [-0.15, -0.1) is 0 Å². The first kappa shape index (κ1) is 14.5. The summed E-state index contributed by atoms with van der Waals surface area (Å²) in [5, 5.41) is 9.35. The number of carbonyl (C=O) groups is 1. The van der Waals surface area contributed by atoms with Gasteiger partial charge in [0.2, 0.25) is 5.91 Å². The zero-order valence-electron chi connectivity index (χ0n) is 12.2. The van der Waals surface area contributed by atoms with E-state index in [4.69, 9.17) is 4.74 Å². The Bertz CT molecular complexity index is 519. The minimum absolute atomic E-state index is 0.0159. The van der Waals surface area contributed by atoms with Crippen LogP contribution in [-0.4, -0.2) is 35.6 Å². The van der Waals surface area contributed by atoms with Gasteiger partial charge in [-0.1, -0.05) is 30.3 Å². The second-order valence-electron chi connectivity index (χ2n) is 5.88. The lowest BCUT2D eigenvalue weighted by Gasteiger charge is -2.42. The molecule has 0 aliphatic carbocycles. The van der Waals surface area contributed by atoms with Crippen LogP contribution in [0.2, 0.25) is 0 Å². The topological polar surface area (TPSA) is 53.3 Å². The summed E-state index contributed by atoms with van der Waals surface area (Å²) in [6.07, 6.45) is -0.0159. The van der Waals surface area contributed by atoms with Crippen molar-refractivity contribution in [3.8, 4) is 6.07 Å². The van der Waals surface area contributed by atoms with Crippen LogP contribution in [0.5, 0.6) is 0 Å². The fourth-order valence-electron chi connectivity index (χ4n) is 2.72. The molecule has 2 unspecified atom stereocenters. The predicted octanol–water partition coefficient (Wildman–Crippen LogP) is 2.32. The second kappa shape index (κ2) is 5.64. The molecule has 1 aromatic rings. The average molecular weight is 272 g/mol. The minimum atomic E-state index is -0.739. The molecule has 1 aliphatic heterocycles. The summed E-state index contributed by atoms with van der Waals surface area (Å²) < 4.78 is 5.80. The molecule has 1 aliphatic rings. The van der Waals surface area contributed by atoms with Crippen molar-refractivity contribution in [2.75, 3.05) is 13.1 Å². The lowest BCUT2D eigenvalue weighted by Crippen LogP contribution is -2.54. The van der Waals surface area contributed by atoms with Gasteiger partial charge in [0, 0.05) is 13.1 Å². The van der Waals surface area contributed by atoms with E-state index in [1.54, 1.807) is 4.90 Å². The van der Waals surface area contributed by atoms with Crippen molar-refractivity contribution in [1.29, 1.82) is 5.26 Å². The summed E-state index contributed by atoms with van der Waals surface area (Å²) in [6, 6.07) is 11.3. The number of hydrogen-bond donors (Lipinski definition) is 0. The van der Waals surface area contributed by atoms with Crippen molar-refractivity contribution in [1.82, 2.24) is 4.90 Å². The zero-order chi connectivity index (χ0) is 14.8. The van der Waals surface area contributed by atoms with Crippen LogP contribution in [0.25, 0.3) is 0 Å². The van der Waals surface area contributed by atoms with Crippen LogP contribution in [0.15, 0.2) is 30.3 Å². The molecule has 0 bridgehead atoms. The number of nitrogens with zero attached hydrogens (tertiary/aromatic N) is 2. The van der Waals surface area contributed by atoms with Crippen molar-refractivity contribution in [3.05, 3.63) is 35.9 Å². The van der Waals surface area contributed by atoms with Crippen LogP contribution >= 0.6 is 0 Å². The highest BCUT2D eigenvalue weighted by Gasteiger charge is 2.36. The highest BCUT2D eigenvalue weighted by atomic mass is 16.5. The molecule has 20 heavy (non-hydrogen) atoms. The maximum atomic E-state index is 12.6. The highest BCUT2D eigenvalue weighted by Crippen LogP contribution is 2.25. The SMILES string of the molecule is CC1CN(C(=O)C(C#N)c2ccccc2)CC(C)(C)O1. The smallest absolute Gasteiger partial charge is 0.244 e. The van der Waals surface area contributed by atoms with E-state index in [2.05, 4.69) is 6.07 Å². The molecule has 2 rings (SSSR count). The van der Waals surface area contributed by atoms with Gasteiger partial charge in [0.05, 0.1) is 17.8 Å². The number of nitriles is 1. The van der Waals surface area contributed by atoms with Crippen molar-refractivity contribution in [2.24, 2.45) is 0 Å². The number of carbonyl (C=O) groups excluding carboxylic acids is 1. The molecule has 0 radical (unpaired) electrons. The first-order chi connectivity index (χ1) is 9.43. The molecule has 1 aromatic carbocycles. The standard InChI is InChI=1S/C16H20N2O2/c1-12-10-18(11-16(2,3)20-12)15(19)14(9-17)13-7-5-4-6-8-13/h4-8,12,14H,10-11H2,1-3H3. The van der Waals surface area contributed by atoms with Gasteiger partial charge in [-0.25, -0.2) is 0 Å². The third-order valence-electron chi connectivity index (χ3n) is 3.39. The molecule has 1 amide bonds. The number of benzene rings is 1. The highest BCUT2D eigenvalue weighted by molar-refractivity contribution is 5.86. The Labute approximate surface area is 120 Å². The van der Waals surface area contributed by atoms with Crippen molar-refractivity contribution >= 4 is 5.91 Å². The van der Waals surface area contributed by atoms with Crippen molar-refractivity contribution in [3.63, 3.8) is 0 Å². The quantitative estimate of drug-likeness (QED) is 0.830. The maximum absolute atomic E-state index is 12.6. The number of ether oxygens (including phenoxy) is 1. The van der Waals surface area contributed by atoms with Crippen molar-refractivity contribution in [2.45, 2.75) is 38.4 Å². The van der Waals surface area contributed by atoms with E-state index >= 15 is 0 Å². The van der Waals surface area contributed by atoms with Crippen LogP contribution in [-0.2, 0) is 9.53 Å². The second-order valence-corrected chi connectivity index (χ2v) is 5.88. The predicted molar refractivity (Wildman–Crippen MR) is 76.0 cm³/mol. The molecular formula is C16H20N2O2. The Balaban J connectivity index is 2.19. The summed E-state index contributed by atoms with van der Waals surface area (Å²) in [7, 11) is 0. The van der Waals surface area contributed by atoms with Crippen LogP contribution in [0.4, 0.5) is 0 Å². The first-order valence-electron chi connectivity index (χ1n) is 6.84. The molecule has 1 heterocycles. The lowest BCUT2D eigenvalue weighted by molar-refractivity contribution is -0.158. The van der Waals surface area contributed by atoms with E-state index in [-0.39, 0.29) is 17.6 Å². The molecule has 106 valence electrons. The number of rotatable bonds is 2. The van der Waals surface area contributed by atoms with Gasteiger partial charge in [-0.05, 0) is 26.3 Å². The molecule has 0 N–H and O–H groups in total. The maximum Gasteiger partial charge on any atom is 0.244 e. The largest absolute Gasteiger partial charge is 0.369 e. The summed E-state index contributed by atoms with van der Waals surface area (Å²) in [5.41, 5.74) is 0.376. The normalized spacial score (nSPS) is 22.9. The fourth-order valence-corrected chi connectivity index (χ4v) is 2.72. The monoisotopic (exact) mass is 272 g/mol. The molecular weight excluding hydrogens is 252 g/mol. The molecule has 0 spiro atoms. The Morgan fingerprint density at radius 3 is 2.65 bits per heavy atom. The molecule has 0 aromatic heterocycles. The first-order valence-corrected chi connectivity index (χ1v) is 6.84. The van der Waals surface area contributed by atoms with Crippen LogP contribution in [0.1, 0.15) is 32.3 Å². The lowest BCUT2D eigenvalue weighted by atomic mass is 9.97. The molecule has 2 atom stereocenters. The van der Waals surface area contributed by atoms with E-state index in [1.165, 1.54) is 0 Å². The minimum Gasteiger partial charge on any atom is -0.369 e. The third-order valence-corrected chi connectivity index (χ3v) is 3.39. The average Bonchev–Trinajstić information content (AvgIpc) is 2.38. The van der Waals surface area contributed by atoms with Crippen LogP contribution in [0, 0.1) is 11.3 Å². The Morgan fingerprint density at radius 1 is 1.45 bits per heavy atom. The van der Waals surface area contributed by atoms with E-state index in [1.807, 2.05) is 51.1 Å². The molecule has 0 saturated carbocycles. The fraction of sp³-hybridized carbons (Fsp3) is 0.500. The van der Waals surface area contributed by atoms with Crippen LogP contribution in [0.3, 0.4) is 0 Å². The molecule has 1 fully saturated rings. The van der Waals surface area contributed by atoms with Gasteiger partial charge in [-0.3, -0.25) is 4.79 Å². The summed E-state index contributed by atoms with van der Waals surface area (Å²) >= 11 is 0. The van der Waals surface area contributed by atoms with Gasteiger partial charge in [0.15, 0.2) is 0 Å². The third kappa shape index (κ3) is 3.17. The van der Waals surface area contributed by atoms with E-state index in [9.17, 15) is 10.1 Å². The summed E-state index contributed by atoms with van der Waals surface area (Å²) in [5.74, 6) is -0.876. The zero-order valence-corrected chi connectivity index (χ0v) is 12.2. The van der Waals surface area contributed by atoms with E-state index in [0.717, 1.165) is 5.56 Å². The number of hydrogen-bond acceptors (Lipinski definition) is 3. The van der Waals surface area contributed by atoms with Gasteiger partial charge in [0.1, 0.15) is 5.92 Å². The molecule has 1 saturated heterocycles. The van der Waals surface area contributed by atoms with Gasteiger partial charge in [-0.2, -0.15) is 5.26 Å². The summed E-state index contributed by atoms with van der Waals surface area (Å²) in [6.45, 7) is 6.93. The van der Waals surface area contributed by atoms with Crippen LogP contribution < -0.4 is 0 Å². The number of morpholine rings is 1. The molecule has 4 nitrogen and oxygen atoms in total. The van der Waals surface area contributed by atoms with Gasteiger partial charge >= 0.3 is 0 Å². The van der Waals surface area contributed by atoms with E-state index in [0.29, 0.717) is 13.1 Å². The molecule has 4 heteroatoms.